The minimum Gasteiger partial charge on any atom is -0.381 e. The van der Waals surface area contributed by atoms with Crippen LogP contribution in [0, 0.1) is 5.92 Å². The van der Waals surface area contributed by atoms with Crippen LogP contribution in [0.5, 0.6) is 0 Å². The van der Waals surface area contributed by atoms with Gasteiger partial charge in [-0.25, -0.2) is 8.42 Å². The maximum Gasteiger partial charge on any atom is 0.222 e. The minimum atomic E-state index is -3.19. The van der Waals surface area contributed by atoms with Gasteiger partial charge in [-0.05, 0) is 19.3 Å². The summed E-state index contributed by atoms with van der Waals surface area (Å²) in [4.78, 5) is 11.8. The molecular weight excluding hydrogens is 280 g/mol. The average Bonchev–Trinajstić information content (AvgIpc) is 2.73. The Balaban J connectivity index is 2.55. The number of carbonyl (C=O) groups excluding carboxylic acids is 1. The third-order valence-electron chi connectivity index (χ3n) is 3.56. The number of ether oxygens (including phenoxy) is 1. The van der Waals surface area contributed by atoms with Gasteiger partial charge in [-0.3, -0.25) is 4.79 Å². The highest BCUT2D eigenvalue weighted by atomic mass is 32.2. The Hall–Kier alpha value is -0.660. The number of rotatable bonds is 8. The number of nitrogens with one attached hydrogen (secondary N) is 1. The molecule has 0 aromatic carbocycles. The molecule has 0 unspecified atom stereocenters. The monoisotopic (exact) mass is 306 g/mol. The molecule has 0 saturated carbocycles. The number of carbonyl (C=O) groups is 1. The molecule has 20 heavy (non-hydrogen) atoms. The number of nitrogens with zero attached hydrogens (tertiary/aromatic N) is 1. The molecule has 1 N–H and O–H groups in total. The summed E-state index contributed by atoms with van der Waals surface area (Å²) in [5, 5.41) is 2.95. The van der Waals surface area contributed by atoms with Crippen molar-refractivity contribution in [3.8, 4) is 0 Å². The highest BCUT2D eigenvalue weighted by molar-refractivity contribution is 7.88. The van der Waals surface area contributed by atoms with Crippen molar-refractivity contribution in [3.05, 3.63) is 0 Å². The Morgan fingerprint density at radius 2 is 2.05 bits per heavy atom. The van der Waals surface area contributed by atoms with E-state index in [1.54, 1.807) is 0 Å². The highest BCUT2D eigenvalue weighted by Crippen LogP contribution is 2.23. The second kappa shape index (κ2) is 7.95. The van der Waals surface area contributed by atoms with Gasteiger partial charge in [0.2, 0.25) is 15.9 Å². The summed E-state index contributed by atoms with van der Waals surface area (Å²) in [7, 11) is -3.19. The SMILES string of the molecule is CCC[C@@H]1CN(S(C)(=O)=O)C[C@H]1NC(=O)CCOCC. The van der Waals surface area contributed by atoms with Crippen molar-refractivity contribution >= 4 is 15.9 Å². The van der Waals surface area contributed by atoms with Gasteiger partial charge in [0.15, 0.2) is 0 Å². The van der Waals surface area contributed by atoms with E-state index >= 15 is 0 Å². The smallest absolute Gasteiger partial charge is 0.222 e. The van der Waals surface area contributed by atoms with Crippen LogP contribution >= 0.6 is 0 Å². The van der Waals surface area contributed by atoms with E-state index in [9.17, 15) is 13.2 Å². The molecule has 1 heterocycles. The molecule has 1 amide bonds. The van der Waals surface area contributed by atoms with E-state index < -0.39 is 10.0 Å². The summed E-state index contributed by atoms with van der Waals surface area (Å²) in [6, 6.07) is -0.0844. The molecule has 0 radical (unpaired) electrons. The predicted molar refractivity (Wildman–Crippen MR) is 77.9 cm³/mol. The summed E-state index contributed by atoms with van der Waals surface area (Å²) in [5.41, 5.74) is 0. The van der Waals surface area contributed by atoms with E-state index in [1.807, 2.05) is 6.92 Å². The molecule has 118 valence electrons. The lowest BCUT2D eigenvalue weighted by molar-refractivity contribution is -0.123. The second-order valence-corrected chi connectivity index (χ2v) is 7.23. The van der Waals surface area contributed by atoms with Crippen molar-refractivity contribution in [3.63, 3.8) is 0 Å². The van der Waals surface area contributed by atoms with Crippen LogP contribution in [0.4, 0.5) is 0 Å². The maximum atomic E-state index is 11.8. The van der Waals surface area contributed by atoms with Crippen molar-refractivity contribution in [2.75, 3.05) is 32.6 Å². The van der Waals surface area contributed by atoms with E-state index in [2.05, 4.69) is 12.2 Å². The van der Waals surface area contributed by atoms with Gasteiger partial charge in [0.1, 0.15) is 0 Å². The Kier molecular flexibility index (Phi) is 6.91. The molecular formula is C13H26N2O4S. The lowest BCUT2D eigenvalue weighted by atomic mass is 9.98. The van der Waals surface area contributed by atoms with Gasteiger partial charge >= 0.3 is 0 Å². The highest BCUT2D eigenvalue weighted by Gasteiger charge is 2.36. The normalized spacial score (nSPS) is 23.9. The zero-order chi connectivity index (χ0) is 15.2. The summed E-state index contributed by atoms with van der Waals surface area (Å²) >= 11 is 0. The molecule has 1 aliphatic heterocycles. The molecule has 6 nitrogen and oxygen atoms in total. The maximum absolute atomic E-state index is 11.8. The third kappa shape index (κ3) is 5.38. The first-order valence-electron chi connectivity index (χ1n) is 7.20. The summed E-state index contributed by atoms with van der Waals surface area (Å²) < 4.78 is 29.8. The van der Waals surface area contributed by atoms with Gasteiger partial charge in [0.25, 0.3) is 0 Å². The van der Waals surface area contributed by atoms with E-state index in [0.29, 0.717) is 32.7 Å². The first kappa shape index (κ1) is 17.4. The average molecular weight is 306 g/mol. The minimum absolute atomic E-state index is 0.0695. The van der Waals surface area contributed by atoms with Crippen molar-refractivity contribution in [2.24, 2.45) is 5.92 Å². The van der Waals surface area contributed by atoms with Crippen LogP contribution in [-0.4, -0.2) is 57.2 Å². The van der Waals surface area contributed by atoms with Gasteiger partial charge in [-0.1, -0.05) is 13.3 Å². The zero-order valence-corrected chi connectivity index (χ0v) is 13.4. The summed E-state index contributed by atoms with van der Waals surface area (Å²) in [5.74, 6) is 0.130. The largest absolute Gasteiger partial charge is 0.381 e. The van der Waals surface area contributed by atoms with Crippen LogP contribution in [0.1, 0.15) is 33.1 Å². The van der Waals surface area contributed by atoms with Crippen LogP contribution < -0.4 is 5.32 Å². The molecule has 1 fully saturated rings. The molecule has 1 saturated heterocycles. The van der Waals surface area contributed by atoms with Gasteiger partial charge in [-0.15, -0.1) is 0 Å². The van der Waals surface area contributed by atoms with Crippen LogP contribution in [0.15, 0.2) is 0 Å². The Morgan fingerprint density at radius 1 is 1.35 bits per heavy atom. The number of hydrogen-bond acceptors (Lipinski definition) is 4. The quantitative estimate of drug-likeness (QED) is 0.666. The Bertz CT molecular complexity index is 411. The van der Waals surface area contributed by atoms with Gasteiger partial charge in [0, 0.05) is 32.2 Å². The molecule has 1 rings (SSSR count). The van der Waals surface area contributed by atoms with Gasteiger partial charge in [0.05, 0.1) is 12.9 Å². The number of sulfonamides is 1. The molecule has 0 spiro atoms. The lowest BCUT2D eigenvalue weighted by Gasteiger charge is -2.19. The second-order valence-electron chi connectivity index (χ2n) is 5.25. The Morgan fingerprint density at radius 3 is 2.60 bits per heavy atom. The van der Waals surface area contributed by atoms with E-state index in [-0.39, 0.29) is 17.9 Å². The van der Waals surface area contributed by atoms with Crippen molar-refractivity contribution in [1.82, 2.24) is 9.62 Å². The first-order chi connectivity index (χ1) is 9.38. The van der Waals surface area contributed by atoms with E-state index in [1.165, 1.54) is 10.6 Å². The predicted octanol–water partition coefficient (Wildman–Crippen LogP) is 0.589. The van der Waals surface area contributed by atoms with Crippen LogP contribution in [-0.2, 0) is 19.6 Å². The molecule has 2 atom stereocenters. The third-order valence-corrected chi connectivity index (χ3v) is 4.80. The molecule has 0 aliphatic carbocycles. The summed E-state index contributed by atoms with van der Waals surface area (Å²) in [6.45, 7) is 5.83. The topological polar surface area (TPSA) is 75.7 Å². The molecule has 1 aliphatic rings. The molecule has 0 aromatic rings. The lowest BCUT2D eigenvalue weighted by Crippen LogP contribution is -2.41. The fourth-order valence-electron chi connectivity index (χ4n) is 2.52. The Labute approximate surface area is 121 Å². The molecule has 7 heteroatoms. The molecule has 0 bridgehead atoms. The number of hydrogen-bond donors (Lipinski definition) is 1. The van der Waals surface area contributed by atoms with Crippen molar-refractivity contribution in [1.29, 1.82) is 0 Å². The zero-order valence-electron chi connectivity index (χ0n) is 12.6. The number of amides is 1. The van der Waals surface area contributed by atoms with Crippen molar-refractivity contribution < 1.29 is 17.9 Å². The van der Waals surface area contributed by atoms with Gasteiger partial charge in [-0.2, -0.15) is 4.31 Å². The van der Waals surface area contributed by atoms with E-state index in [0.717, 1.165) is 12.8 Å². The van der Waals surface area contributed by atoms with Crippen LogP contribution in [0.3, 0.4) is 0 Å². The van der Waals surface area contributed by atoms with Gasteiger partial charge < -0.3 is 10.1 Å². The fourth-order valence-corrected chi connectivity index (χ4v) is 3.41. The fraction of sp³-hybridized carbons (Fsp3) is 0.923. The molecule has 0 aromatic heterocycles. The first-order valence-corrected chi connectivity index (χ1v) is 9.05. The van der Waals surface area contributed by atoms with Crippen LogP contribution in [0.25, 0.3) is 0 Å². The van der Waals surface area contributed by atoms with Crippen LogP contribution in [0.2, 0.25) is 0 Å². The standard InChI is InChI=1S/C13H26N2O4S/c1-4-6-11-9-15(20(3,17)18)10-12(11)14-13(16)7-8-19-5-2/h11-12H,4-10H2,1-3H3,(H,14,16)/t11-,12-/m1/s1. The summed E-state index contributed by atoms with van der Waals surface area (Å²) in [6.07, 6.45) is 3.44. The van der Waals surface area contributed by atoms with Crippen molar-refractivity contribution in [2.45, 2.75) is 39.2 Å². The van der Waals surface area contributed by atoms with E-state index in [4.69, 9.17) is 4.74 Å².